The molecule has 0 aliphatic heterocycles. The molecule has 0 unspecified atom stereocenters. The van der Waals surface area contributed by atoms with E-state index in [9.17, 15) is 4.79 Å². The highest BCUT2D eigenvalue weighted by atomic mass is 16.4. The summed E-state index contributed by atoms with van der Waals surface area (Å²) in [5, 5.41) is 26.1. The number of hydrogen-bond donors (Lipinski definition) is 3. The first-order valence-electron chi connectivity index (χ1n) is 2.79. The van der Waals surface area contributed by atoms with E-state index in [-0.39, 0.29) is 0 Å². The number of benzene rings is 1. The van der Waals surface area contributed by atoms with Crippen molar-refractivity contribution in [3.05, 3.63) is 23.8 Å². The molecule has 0 saturated heterocycles. The van der Waals surface area contributed by atoms with E-state index in [1.807, 2.05) is 0 Å². The fourth-order valence-electron chi connectivity index (χ4n) is 0.642. The van der Waals surface area contributed by atoms with Gasteiger partial charge in [0, 0.05) is 6.07 Å². The van der Waals surface area contributed by atoms with Crippen molar-refractivity contribution in [3.8, 4) is 11.5 Å². The number of phenols is 2. The highest BCUT2D eigenvalue weighted by Gasteiger charge is 2.11. The molecule has 0 aromatic heterocycles. The second-order valence-corrected chi connectivity index (χ2v) is 1.89. The molecule has 1 radical (unpaired) electrons. The van der Waals surface area contributed by atoms with Crippen LogP contribution >= 0.6 is 0 Å². The number of hydrogen-bond acceptors (Lipinski definition) is 3. The zero-order valence-electron chi connectivity index (χ0n) is 5.40. The molecular weight excluding hydrogens is 148 g/mol. The number of phenolic OH excluding ortho intramolecular Hbond substituents is 1. The molecule has 1 aromatic carbocycles. The summed E-state index contributed by atoms with van der Waals surface area (Å²) in [5.74, 6) is -2.43. The van der Waals surface area contributed by atoms with Gasteiger partial charge >= 0.3 is 5.97 Å². The summed E-state index contributed by atoms with van der Waals surface area (Å²) in [5.41, 5.74) is -0.426. The van der Waals surface area contributed by atoms with Crippen LogP contribution in [-0.4, -0.2) is 21.3 Å². The molecule has 0 amide bonds. The van der Waals surface area contributed by atoms with Crippen LogP contribution in [0.1, 0.15) is 10.4 Å². The molecule has 0 heterocycles. The molecule has 1 aromatic rings. The predicted octanol–water partition coefficient (Wildman–Crippen LogP) is 0.596. The molecule has 0 bridgehead atoms. The van der Waals surface area contributed by atoms with Crippen LogP contribution in [0.4, 0.5) is 0 Å². The molecule has 0 atom stereocenters. The van der Waals surface area contributed by atoms with Crippen LogP contribution in [-0.2, 0) is 0 Å². The van der Waals surface area contributed by atoms with Gasteiger partial charge in [-0.3, -0.25) is 0 Å². The first kappa shape index (κ1) is 7.40. The van der Waals surface area contributed by atoms with Gasteiger partial charge in [0.2, 0.25) is 0 Å². The molecule has 0 aliphatic rings. The van der Waals surface area contributed by atoms with Crippen LogP contribution in [0.15, 0.2) is 12.1 Å². The van der Waals surface area contributed by atoms with Crippen molar-refractivity contribution in [1.82, 2.24) is 0 Å². The lowest BCUT2D eigenvalue weighted by molar-refractivity contribution is 0.0692. The topological polar surface area (TPSA) is 77.8 Å². The number of aromatic carboxylic acids is 1. The van der Waals surface area contributed by atoms with Crippen molar-refractivity contribution in [2.75, 3.05) is 0 Å². The van der Waals surface area contributed by atoms with E-state index in [2.05, 4.69) is 6.07 Å². The third-order valence-electron chi connectivity index (χ3n) is 1.16. The highest BCUT2D eigenvalue weighted by Crippen LogP contribution is 2.27. The quantitative estimate of drug-likeness (QED) is 0.516. The van der Waals surface area contributed by atoms with Gasteiger partial charge in [0.15, 0.2) is 11.5 Å². The smallest absolute Gasteiger partial charge is 0.340 e. The van der Waals surface area contributed by atoms with Crippen LogP contribution in [0.3, 0.4) is 0 Å². The van der Waals surface area contributed by atoms with Crippen molar-refractivity contribution in [3.63, 3.8) is 0 Å². The summed E-state index contributed by atoms with van der Waals surface area (Å²) >= 11 is 0. The lowest BCUT2D eigenvalue weighted by Gasteiger charge is -1.98. The number of carboxylic acids is 1. The number of rotatable bonds is 1. The fraction of sp³-hybridized carbons (Fsp3) is 0. The SMILES string of the molecule is O=C(O)c1[c]ccc(O)c1O. The maximum atomic E-state index is 10.3. The van der Waals surface area contributed by atoms with E-state index in [0.29, 0.717) is 0 Å². The first-order valence-corrected chi connectivity index (χ1v) is 2.79. The van der Waals surface area contributed by atoms with Crippen molar-refractivity contribution in [2.24, 2.45) is 0 Å². The Bertz CT molecular complexity index is 292. The molecule has 0 aliphatic carbocycles. The average Bonchev–Trinajstić information content (AvgIpc) is 1.94. The van der Waals surface area contributed by atoms with Gasteiger partial charge in [-0.05, 0) is 12.1 Å². The van der Waals surface area contributed by atoms with Gasteiger partial charge in [0.1, 0.15) is 5.56 Å². The van der Waals surface area contributed by atoms with Gasteiger partial charge in [-0.2, -0.15) is 0 Å². The van der Waals surface area contributed by atoms with Gasteiger partial charge in [-0.1, -0.05) is 0 Å². The maximum absolute atomic E-state index is 10.3. The Morgan fingerprint density at radius 2 is 2.09 bits per heavy atom. The van der Waals surface area contributed by atoms with Crippen molar-refractivity contribution in [1.29, 1.82) is 0 Å². The van der Waals surface area contributed by atoms with Gasteiger partial charge in [-0.15, -0.1) is 0 Å². The fourth-order valence-corrected chi connectivity index (χ4v) is 0.642. The second kappa shape index (κ2) is 2.49. The van der Waals surface area contributed by atoms with Gasteiger partial charge < -0.3 is 15.3 Å². The summed E-state index contributed by atoms with van der Waals surface area (Å²) in [6.07, 6.45) is 0. The van der Waals surface area contributed by atoms with Crippen molar-refractivity contribution < 1.29 is 20.1 Å². The minimum Gasteiger partial charge on any atom is -0.504 e. The highest BCUT2D eigenvalue weighted by molar-refractivity contribution is 5.91. The van der Waals surface area contributed by atoms with Crippen molar-refractivity contribution >= 4 is 5.97 Å². The Labute approximate surface area is 62.3 Å². The molecule has 4 nitrogen and oxygen atoms in total. The normalized spacial score (nSPS) is 9.45. The molecule has 1 rings (SSSR count). The zero-order chi connectivity index (χ0) is 8.43. The van der Waals surface area contributed by atoms with Crippen LogP contribution in [0, 0.1) is 6.07 Å². The van der Waals surface area contributed by atoms with E-state index in [0.717, 1.165) is 6.07 Å². The molecular formula is C7H5O4. The van der Waals surface area contributed by atoms with Crippen LogP contribution in [0.25, 0.3) is 0 Å². The van der Waals surface area contributed by atoms with E-state index >= 15 is 0 Å². The molecule has 57 valence electrons. The Morgan fingerprint density at radius 1 is 1.45 bits per heavy atom. The van der Waals surface area contributed by atoms with E-state index in [4.69, 9.17) is 15.3 Å². The summed E-state index contributed by atoms with van der Waals surface area (Å²) < 4.78 is 0. The molecule has 11 heavy (non-hydrogen) atoms. The van der Waals surface area contributed by atoms with Crippen LogP contribution in [0.5, 0.6) is 11.5 Å². The Kier molecular flexibility index (Phi) is 1.68. The third-order valence-corrected chi connectivity index (χ3v) is 1.16. The number of carboxylic acid groups (broad SMARTS) is 1. The molecule has 0 fully saturated rings. The monoisotopic (exact) mass is 153 g/mol. The minimum atomic E-state index is -1.32. The predicted molar refractivity (Wildman–Crippen MR) is 35.6 cm³/mol. The van der Waals surface area contributed by atoms with Crippen LogP contribution in [0.2, 0.25) is 0 Å². The summed E-state index contributed by atoms with van der Waals surface area (Å²) in [6, 6.07) is 4.64. The maximum Gasteiger partial charge on any atom is 0.340 e. The number of carbonyl (C=O) groups is 1. The molecule has 3 N–H and O–H groups in total. The van der Waals surface area contributed by atoms with E-state index in [1.165, 1.54) is 6.07 Å². The van der Waals surface area contributed by atoms with Gasteiger partial charge in [0.25, 0.3) is 0 Å². The van der Waals surface area contributed by atoms with Crippen molar-refractivity contribution in [2.45, 2.75) is 0 Å². The largest absolute Gasteiger partial charge is 0.504 e. The molecule has 4 heteroatoms. The third kappa shape index (κ3) is 1.24. The Hall–Kier alpha value is -1.71. The zero-order valence-corrected chi connectivity index (χ0v) is 5.40. The Morgan fingerprint density at radius 3 is 2.55 bits per heavy atom. The lowest BCUT2D eigenvalue weighted by atomic mass is 10.2. The summed E-state index contributed by atoms with van der Waals surface area (Å²) in [6.45, 7) is 0. The first-order chi connectivity index (χ1) is 5.13. The average molecular weight is 153 g/mol. The second-order valence-electron chi connectivity index (χ2n) is 1.89. The van der Waals surface area contributed by atoms with Gasteiger partial charge in [-0.25, -0.2) is 4.79 Å². The number of aromatic hydroxyl groups is 2. The Balaban J connectivity index is 3.27. The van der Waals surface area contributed by atoms with Crippen LogP contribution < -0.4 is 0 Å². The molecule has 0 saturated carbocycles. The molecule has 0 spiro atoms. The van der Waals surface area contributed by atoms with E-state index < -0.39 is 23.0 Å². The summed E-state index contributed by atoms with van der Waals surface area (Å²) in [4.78, 5) is 10.3. The standard InChI is InChI=1S/C7H5O4/c8-5-3-1-2-4(6(5)9)7(10)11/h1,3,8-9H,(H,10,11). The minimum absolute atomic E-state index is 0.426. The summed E-state index contributed by atoms with van der Waals surface area (Å²) in [7, 11) is 0. The lowest BCUT2D eigenvalue weighted by Crippen LogP contribution is -1.96. The van der Waals surface area contributed by atoms with E-state index in [1.54, 1.807) is 0 Å². The van der Waals surface area contributed by atoms with Gasteiger partial charge in [0.05, 0.1) is 0 Å².